The number of fused-ring (bicyclic) bond motifs is 1. The minimum absolute atomic E-state index is 0.684. The van der Waals surface area contributed by atoms with Gasteiger partial charge in [-0.15, -0.1) is 0 Å². The maximum Gasteiger partial charge on any atom is 0.0845 e. The molecule has 2 aromatic rings. The van der Waals surface area contributed by atoms with Crippen molar-refractivity contribution in [2.24, 2.45) is 0 Å². The molecule has 2 rings (SSSR count). The molecular formula is C14H15NO. The van der Waals surface area contributed by atoms with Gasteiger partial charge in [-0.2, -0.15) is 0 Å². The molecule has 0 radical (unpaired) electrons. The molecule has 0 bridgehead atoms. The topological polar surface area (TPSA) is 35.2 Å². The summed E-state index contributed by atoms with van der Waals surface area (Å²) in [5.41, 5.74) is 7.86. The zero-order valence-electron chi connectivity index (χ0n) is 9.31. The highest BCUT2D eigenvalue weighted by molar-refractivity contribution is 5.97. The van der Waals surface area contributed by atoms with Crippen LogP contribution in [0.2, 0.25) is 0 Å². The number of ether oxygens (including phenoxy) is 1. The molecule has 0 unspecified atom stereocenters. The summed E-state index contributed by atoms with van der Waals surface area (Å²) in [7, 11) is 0. The molecule has 2 nitrogen and oxygen atoms in total. The van der Waals surface area contributed by atoms with E-state index in [4.69, 9.17) is 10.5 Å². The highest BCUT2D eigenvalue weighted by atomic mass is 16.5. The smallest absolute Gasteiger partial charge is 0.0845 e. The Morgan fingerprint density at radius 2 is 1.88 bits per heavy atom. The number of benzene rings is 2. The zero-order chi connectivity index (χ0) is 11.4. The predicted molar refractivity (Wildman–Crippen MR) is 69.0 cm³/mol. The van der Waals surface area contributed by atoms with E-state index in [-0.39, 0.29) is 0 Å². The van der Waals surface area contributed by atoms with E-state index in [0.29, 0.717) is 6.61 Å². The summed E-state index contributed by atoms with van der Waals surface area (Å²) in [6, 6.07) is 12.0. The average Bonchev–Trinajstić information content (AvgIpc) is 2.31. The van der Waals surface area contributed by atoms with Crippen LogP contribution >= 0.6 is 0 Å². The predicted octanol–water partition coefficient (Wildman–Crippen LogP) is 3.43. The van der Waals surface area contributed by atoms with Crippen molar-refractivity contribution in [3.05, 3.63) is 48.2 Å². The van der Waals surface area contributed by atoms with Crippen LogP contribution in [-0.4, -0.2) is 6.61 Å². The van der Waals surface area contributed by atoms with Crippen LogP contribution in [0.3, 0.4) is 0 Å². The lowest BCUT2D eigenvalue weighted by Crippen LogP contribution is -1.87. The molecule has 0 fully saturated rings. The molecule has 0 aliphatic heterocycles. The van der Waals surface area contributed by atoms with Gasteiger partial charge >= 0.3 is 0 Å². The van der Waals surface area contributed by atoms with E-state index >= 15 is 0 Å². The molecule has 2 aromatic carbocycles. The molecule has 0 amide bonds. The van der Waals surface area contributed by atoms with Gasteiger partial charge in [-0.05, 0) is 30.0 Å². The van der Waals surface area contributed by atoms with Gasteiger partial charge in [-0.25, -0.2) is 0 Å². The fourth-order valence-corrected chi connectivity index (χ4v) is 1.72. The first kappa shape index (κ1) is 10.6. The van der Waals surface area contributed by atoms with E-state index < -0.39 is 0 Å². The molecular weight excluding hydrogens is 198 g/mol. The van der Waals surface area contributed by atoms with Crippen molar-refractivity contribution < 1.29 is 4.74 Å². The first-order chi connectivity index (χ1) is 7.83. The van der Waals surface area contributed by atoms with E-state index in [0.717, 1.165) is 22.0 Å². The Morgan fingerprint density at radius 1 is 1.12 bits per heavy atom. The van der Waals surface area contributed by atoms with Gasteiger partial charge in [0.25, 0.3) is 0 Å². The van der Waals surface area contributed by atoms with E-state index in [9.17, 15) is 0 Å². The normalized spacial score (nSPS) is 11.1. The third kappa shape index (κ3) is 2.01. The Balaban J connectivity index is 2.50. The number of anilines is 1. The van der Waals surface area contributed by atoms with Crippen LogP contribution < -0.4 is 5.73 Å². The van der Waals surface area contributed by atoms with Crippen molar-refractivity contribution >= 4 is 22.5 Å². The minimum atomic E-state index is 0.684. The van der Waals surface area contributed by atoms with Gasteiger partial charge < -0.3 is 10.5 Å². The highest BCUT2D eigenvalue weighted by Gasteiger charge is 1.99. The van der Waals surface area contributed by atoms with Crippen LogP contribution in [0.5, 0.6) is 0 Å². The van der Waals surface area contributed by atoms with Crippen molar-refractivity contribution in [3.8, 4) is 0 Å². The summed E-state index contributed by atoms with van der Waals surface area (Å²) in [6.07, 6.45) is 3.68. The summed E-state index contributed by atoms with van der Waals surface area (Å²) >= 11 is 0. The van der Waals surface area contributed by atoms with Crippen molar-refractivity contribution in [1.82, 2.24) is 0 Å². The van der Waals surface area contributed by atoms with Gasteiger partial charge in [-0.1, -0.05) is 30.3 Å². The zero-order valence-corrected chi connectivity index (χ0v) is 9.31. The SMILES string of the molecule is CCO/C=C/c1cccc2c(N)cccc12. The number of nitrogen functional groups attached to an aromatic ring is 1. The lowest BCUT2D eigenvalue weighted by atomic mass is 10.0. The fourth-order valence-electron chi connectivity index (χ4n) is 1.72. The van der Waals surface area contributed by atoms with E-state index in [1.165, 1.54) is 0 Å². The standard InChI is InChI=1S/C14H15NO/c1-2-16-10-9-11-5-3-7-13-12(11)6-4-8-14(13)15/h3-10H,2,15H2,1H3/b10-9+. The molecule has 0 saturated carbocycles. The molecule has 0 saturated heterocycles. The summed E-state index contributed by atoms with van der Waals surface area (Å²) in [6.45, 7) is 2.65. The third-order valence-electron chi connectivity index (χ3n) is 2.50. The van der Waals surface area contributed by atoms with Gasteiger partial charge in [0.2, 0.25) is 0 Å². The van der Waals surface area contributed by atoms with Crippen molar-refractivity contribution in [2.75, 3.05) is 12.3 Å². The Kier molecular flexibility index (Phi) is 3.10. The van der Waals surface area contributed by atoms with Crippen LogP contribution in [-0.2, 0) is 4.74 Å². The molecule has 0 aliphatic carbocycles. The average molecular weight is 213 g/mol. The molecule has 0 atom stereocenters. The molecule has 2 heteroatoms. The molecule has 0 aromatic heterocycles. The Morgan fingerprint density at radius 3 is 2.69 bits per heavy atom. The van der Waals surface area contributed by atoms with Crippen LogP contribution in [0.4, 0.5) is 5.69 Å². The lowest BCUT2D eigenvalue weighted by molar-refractivity contribution is 0.272. The van der Waals surface area contributed by atoms with Crippen LogP contribution in [0.15, 0.2) is 42.7 Å². The quantitative estimate of drug-likeness (QED) is 0.626. The van der Waals surface area contributed by atoms with Crippen LogP contribution in [0, 0.1) is 0 Å². The summed E-state index contributed by atoms with van der Waals surface area (Å²) in [5, 5.41) is 2.24. The van der Waals surface area contributed by atoms with E-state index in [1.54, 1.807) is 6.26 Å². The van der Waals surface area contributed by atoms with Gasteiger partial charge in [-0.3, -0.25) is 0 Å². The van der Waals surface area contributed by atoms with E-state index in [2.05, 4.69) is 12.1 Å². The van der Waals surface area contributed by atoms with Crippen molar-refractivity contribution in [3.63, 3.8) is 0 Å². The third-order valence-corrected chi connectivity index (χ3v) is 2.50. The van der Waals surface area contributed by atoms with Crippen molar-refractivity contribution in [1.29, 1.82) is 0 Å². The second-order valence-corrected chi connectivity index (χ2v) is 3.55. The first-order valence-corrected chi connectivity index (χ1v) is 5.38. The lowest BCUT2D eigenvalue weighted by Gasteiger charge is -2.04. The summed E-state index contributed by atoms with van der Waals surface area (Å²) < 4.78 is 5.20. The second-order valence-electron chi connectivity index (χ2n) is 3.55. The fraction of sp³-hybridized carbons (Fsp3) is 0.143. The number of rotatable bonds is 3. The van der Waals surface area contributed by atoms with Crippen LogP contribution in [0.25, 0.3) is 16.8 Å². The number of nitrogens with two attached hydrogens (primary N) is 1. The largest absolute Gasteiger partial charge is 0.501 e. The highest BCUT2D eigenvalue weighted by Crippen LogP contribution is 2.24. The maximum atomic E-state index is 5.92. The van der Waals surface area contributed by atoms with Crippen LogP contribution in [0.1, 0.15) is 12.5 Å². The molecule has 2 N–H and O–H groups in total. The molecule has 0 aliphatic rings. The molecule has 16 heavy (non-hydrogen) atoms. The molecule has 82 valence electrons. The number of hydrogen-bond donors (Lipinski definition) is 1. The summed E-state index contributed by atoms with van der Waals surface area (Å²) in [4.78, 5) is 0. The second kappa shape index (κ2) is 4.71. The Hall–Kier alpha value is -1.96. The Labute approximate surface area is 95.3 Å². The maximum absolute atomic E-state index is 5.92. The van der Waals surface area contributed by atoms with Gasteiger partial charge in [0, 0.05) is 11.1 Å². The van der Waals surface area contributed by atoms with Crippen molar-refractivity contribution in [2.45, 2.75) is 6.92 Å². The number of hydrogen-bond acceptors (Lipinski definition) is 2. The van der Waals surface area contributed by atoms with Gasteiger partial charge in [0.15, 0.2) is 0 Å². The molecule has 0 spiro atoms. The first-order valence-electron chi connectivity index (χ1n) is 5.38. The molecule has 0 heterocycles. The Bertz CT molecular complexity index is 517. The van der Waals surface area contributed by atoms with E-state index in [1.807, 2.05) is 37.3 Å². The summed E-state index contributed by atoms with van der Waals surface area (Å²) in [5.74, 6) is 0. The van der Waals surface area contributed by atoms with Gasteiger partial charge in [0.1, 0.15) is 0 Å². The minimum Gasteiger partial charge on any atom is -0.501 e. The van der Waals surface area contributed by atoms with Gasteiger partial charge in [0.05, 0.1) is 12.9 Å². The monoisotopic (exact) mass is 213 g/mol.